The van der Waals surface area contributed by atoms with Gasteiger partial charge in [-0.3, -0.25) is 0 Å². The van der Waals surface area contributed by atoms with E-state index in [2.05, 4.69) is 17.1 Å². The number of rotatable bonds is 1. The smallest absolute Gasteiger partial charge is 0.240 e. The predicted octanol–water partition coefficient (Wildman–Crippen LogP) is -0.657. The molecule has 0 bridgehead atoms. The summed E-state index contributed by atoms with van der Waals surface area (Å²) >= 11 is 0. The number of nitrogens with zero attached hydrogens (tertiary/aromatic N) is 3. The Bertz CT molecular complexity index is 346. The number of nitrogens with two attached hydrogens (primary N) is 3. The number of nitrogen functional groups attached to an aromatic ring is 2. The summed E-state index contributed by atoms with van der Waals surface area (Å²) in [5, 5.41) is 7.75. The van der Waals surface area contributed by atoms with Crippen LogP contribution in [-0.2, 0) is 5.41 Å². The lowest BCUT2D eigenvalue weighted by Crippen LogP contribution is -2.41. The van der Waals surface area contributed by atoms with Crippen LogP contribution in [0.25, 0.3) is 0 Å². The van der Waals surface area contributed by atoms with E-state index >= 15 is 0 Å². The lowest BCUT2D eigenvalue weighted by atomic mass is 9.84. The van der Waals surface area contributed by atoms with Crippen LogP contribution >= 0.6 is 0 Å². The number of anilines is 1. The highest BCUT2D eigenvalue weighted by Gasteiger charge is 2.42. The van der Waals surface area contributed by atoms with Crippen molar-refractivity contribution in [1.29, 1.82) is 0 Å². The molecule has 0 saturated heterocycles. The zero-order valence-corrected chi connectivity index (χ0v) is 8.27. The van der Waals surface area contributed by atoms with Gasteiger partial charge < -0.3 is 17.3 Å². The van der Waals surface area contributed by atoms with E-state index in [0.717, 1.165) is 19.3 Å². The van der Waals surface area contributed by atoms with Crippen LogP contribution in [0.5, 0.6) is 0 Å². The molecular formula is C8H16N6. The van der Waals surface area contributed by atoms with Gasteiger partial charge in [-0.25, -0.2) is 4.68 Å². The lowest BCUT2D eigenvalue weighted by molar-refractivity contribution is 0.395. The van der Waals surface area contributed by atoms with Crippen LogP contribution < -0.4 is 17.3 Å². The first-order valence-electron chi connectivity index (χ1n) is 4.78. The molecule has 6 nitrogen and oxygen atoms in total. The first-order chi connectivity index (χ1) is 6.55. The number of hydrogen-bond donors (Lipinski definition) is 3. The van der Waals surface area contributed by atoms with Crippen LogP contribution in [0.1, 0.15) is 32.0 Å². The van der Waals surface area contributed by atoms with Gasteiger partial charge in [-0.1, -0.05) is 13.3 Å². The third-order valence-electron chi connectivity index (χ3n) is 3.26. The van der Waals surface area contributed by atoms with Gasteiger partial charge in [-0.2, -0.15) is 0 Å². The summed E-state index contributed by atoms with van der Waals surface area (Å²) in [7, 11) is 0. The second-order valence-electron chi connectivity index (χ2n) is 4.17. The average molecular weight is 196 g/mol. The third-order valence-corrected chi connectivity index (χ3v) is 3.26. The molecule has 0 amide bonds. The van der Waals surface area contributed by atoms with Gasteiger partial charge >= 0.3 is 0 Å². The fourth-order valence-electron chi connectivity index (χ4n) is 2.16. The molecule has 78 valence electrons. The summed E-state index contributed by atoms with van der Waals surface area (Å²) in [6, 6.07) is 0.0911. The molecule has 1 heterocycles. The molecule has 14 heavy (non-hydrogen) atoms. The number of hydrogen-bond acceptors (Lipinski definition) is 5. The predicted molar refractivity (Wildman–Crippen MR) is 53.8 cm³/mol. The van der Waals surface area contributed by atoms with Crippen molar-refractivity contribution >= 4 is 5.95 Å². The van der Waals surface area contributed by atoms with E-state index in [4.69, 9.17) is 17.3 Å². The molecule has 1 saturated carbocycles. The first-order valence-corrected chi connectivity index (χ1v) is 4.78. The Morgan fingerprint density at radius 1 is 1.50 bits per heavy atom. The van der Waals surface area contributed by atoms with Crippen LogP contribution in [0.3, 0.4) is 0 Å². The summed E-state index contributed by atoms with van der Waals surface area (Å²) in [4.78, 5) is 0. The zero-order valence-electron chi connectivity index (χ0n) is 8.27. The molecule has 0 radical (unpaired) electrons. The lowest BCUT2D eigenvalue weighted by Gasteiger charge is -2.27. The molecule has 1 aromatic heterocycles. The maximum absolute atomic E-state index is 6.05. The molecule has 0 aliphatic heterocycles. The molecule has 1 fully saturated rings. The Morgan fingerprint density at radius 3 is 2.64 bits per heavy atom. The second kappa shape index (κ2) is 2.84. The van der Waals surface area contributed by atoms with Crippen molar-refractivity contribution in [3.8, 4) is 0 Å². The van der Waals surface area contributed by atoms with E-state index in [0.29, 0.717) is 5.82 Å². The van der Waals surface area contributed by atoms with Gasteiger partial charge in [0.05, 0.1) is 0 Å². The van der Waals surface area contributed by atoms with Crippen LogP contribution in [0.4, 0.5) is 5.95 Å². The molecular weight excluding hydrogens is 180 g/mol. The highest BCUT2D eigenvalue weighted by molar-refractivity contribution is 5.24. The fraction of sp³-hybridized carbons (Fsp3) is 0.750. The second-order valence-corrected chi connectivity index (χ2v) is 4.17. The minimum Gasteiger partial charge on any atom is -0.366 e. The van der Waals surface area contributed by atoms with E-state index in [9.17, 15) is 0 Å². The molecule has 1 aliphatic carbocycles. The first kappa shape index (κ1) is 9.26. The zero-order chi connectivity index (χ0) is 10.3. The van der Waals surface area contributed by atoms with Crippen molar-refractivity contribution in [2.75, 3.05) is 11.6 Å². The quantitative estimate of drug-likeness (QED) is 0.517. The van der Waals surface area contributed by atoms with E-state index in [1.807, 2.05) is 0 Å². The number of aromatic nitrogens is 3. The Morgan fingerprint density at radius 2 is 2.21 bits per heavy atom. The summed E-state index contributed by atoms with van der Waals surface area (Å²) in [5.41, 5.74) is 11.4. The van der Waals surface area contributed by atoms with E-state index in [-0.39, 0.29) is 17.4 Å². The molecule has 6 heteroatoms. The highest BCUT2D eigenvalue weighted by atomic mass is 15.4. The van der Waals surface area contributed by atoms with E-state index in [1.165, 1.54) is 4.68 Å². The minimum atomic E-state index is -0.181. The van der Waals surface area contributed by atoms with Crippen molar-refractivity contribution in [3.63, 3.8) is 0 Å². The van der Waals surface area contributed by atoms with Crippen LogP contribution in [-0.4, -0.2) is 20.9 Å². The van der Waals surface area contributed by atoms with Gasteiger partial charge in [0.15, 0.2) is 5.82 Å². The van der Waals surface area contributed by atoms with Crippen molar-refractivity contribution in [1.82, 2.24) is 14.9 Å². The molecule has 2 unspecified atom stereocenters. The summed E-state index contributed by atoms with van der Waals surface area (Å²) in [6.07, 6.45) is 3.09. The van der Waals surface area contributed by atoms with Gasteiger partial charge in [0.25, 0.3) is 0 Å². The average Bonchev–Trinajstić information content (AvgIpc) is 2.62. The van der Waals surface area contributed by atoms with Gasteiger partial charge in [-0.05, 0) is 12.8 Å². The topological polar surface area (TPSA) is 109 Å². The molecule has 2 atom stereocenters. The van der Waals surface area contributed by atoms with E-state index < -0.39 is 0 Å². The molecule has 0 spiro atoms. The summed E-state index contributed by atoms with van der Waals surface area (Å²) in [6.45, 7) is 2.07. The third kappa shape index (κ3) is 1.07. The molecule has 1 aromatic rings. The normalized spacial score (nSPS) is 32.3. The van der Waals surface area contributed by atoms with Crippen LogP contribution in [0.2, 0.25) is 0 Å². The molecule has 2 rings (SSSR count). The Labute approximate surface area is 82.4 Å². The monoisotopic (exact) mass is 196 g/mol. The molecule has 0 aromatic carbocycles. The van der Waals surface area contributed by atoms with Gasteiger partial charge in [-0.15, -0.1) is 10.2 Å². The largest absolute Gasteiger partial charge is 0.366 e. The van der Waals surface area contributed by atoms with E-state index in [1.54, 1.807) is 0 Å². The summed E-state index contributed by atoms with van der Waals surface area (Å²) in [5.74, 6) is 6.67. The van der Waals surface area contributed by atoms with Gasteiger partial charge in [0.2, 0.25) is 5.95 Å². The minimum absolute atomic E-state index is 0.0911. The Hall–Kier alpha value is -1.30. The van der Waals surface area contributed by atoms with Crippen molar-refractivity contribution < 1.29 is 0 Å². The molecule has 1 aliphatic rings. The van der Waals surface area contributed by atoms with Crippen molar-refractivity contribution in [3.05, 3.63) is 5.82 Å². The van der Waals surface area contributed by atoms with Crippen molar-refractivity contribution in [2.24, 2.45) is 5.73 Å². The van der Waals surface area contributed by atoms with Gasteiger partial charge in [0, 0.05) is 11.5 Å². The molecule has 6 N–H and O–H groups in total. The van der Waals surface area contributed by atoms with Crippen LogP contribution in [0, 0.1) is 0 Å². The SMILES string of the molecule is CC1(c2nnc(N)n2N)CCCC1N. The van der Waals surface area contributed by atoms with Gasteiger partial charge in [0.1, 0.15) is 0 Å². The standard InChI is InChI=1S/C8H16N6/c1-8(4-2-3-5(8)9)6-12-13-7(10)14(6)11/h5H,2-4,9,11H2,1H3,(H2,10,13). The van der Waals surface area contributed by atoms with Crippen LogP contribution in [0.15, 0.2) is 0 Å². The maximum Gasteiger partial charge on any atom is 0.240 e. The Balaban J connectivity index is 2.43. The summed E-state index contributed by atoms with van der Waals surface area (Å²) < 4.78 is 1.34. The van der Waals surface area contributed by atoms with Crippen molar-refractivity contribution in [2.45, 2.75) is 37.6 Å². The highest BCUT2D eigenvalue weighted by Crippen LogP contribution is 2.38. The fourth-order valence-corrected chi connectivity index (χ4v) is 2.16. The Kier molecular flexibility index (Phi) is 1.88. The maximum atomic E-state index is 6.05.